The molecule has 0 saturated carbocycles. The fraction of sp³-hybridized carbons (Fsp3) is 0.375. The van der Waals surface area contributed by atoms with E-state index in [9.17, 15) is 0 Å². The molecule has 0 atom stereocenters. The molecule has 0 spiro atoms. The first kappa shape index (κ1) is 28.2. The van der Waals surface area contributed by atoms with Gasteiger partial charge in [-0.25, -0.2) is 9.97 Å². The number of aromatic nitrogens is 2. The Kier molecular flexibility index (Phi) is 12.7. The van der Waals surface area contributed by atoms with Crippen molar-refractivity contribution in [2.45, 2.75) is 67.3 Å². The Morgan fingerprint density at radius 3 is 1.51 bits per heavy atom. The first-order valence-electron chi connectivity index (χ1n) is 13.5. The molecule has 35 heavy (non-hydrogen) atoms. The van der Waals surface area contributed by atoms with Crippen molar-refractivity contribution in [3.8, 4) is 22.5 Å². The van der Waals surface area contributed by atoms with Gasteiger partial charge in [0, 0.05) is 17.7 Å². The van der Waals surface area contributed by atoms with Gasteiger partial charge in [0.05, 0.1) is 22.4 Å². The molecule has 5 rings (SSSR count). The lowest BCUT2D eigenvalue weighted by molar-refractivity contribution is 0.221. The highest BCUT2D eigenvalue weighted by atomic mass is 15.1. The van der Waals surface area contributed by atoms with Gasteiger partial charge in [0.1, 0.15) is 0 Å². The van der Waals surface area contributed by atoms with Crippen molar-refractivity contribution in [3.63, 3.8) is 0 Å². The van der Waals surface area contributed by atoms with Gasteiger partial charge in [-0.2, -0.15) is 0 Å². The third-order valence-corrected chi connectivity index (χ3v) is 5.70. The van der Waals surface area contributed by atoms with Crippen LogP contribution in [0.1, 0.15) is 66.4 Å². The van der Waals surface area contributed by atoms with Crippen LogP contribution in [0.4, 0.5) is 0 Å². The Balaban J connectivity index is 0.000000671. The van der Waals surface area contributed by atoms with Gasteiger partial charge < -0.3 is 0 Å². The highest BCUT2D eigenvalue weighted by molar-refractivity contribution is 5.86. The van der Waals surface area contributed by atoms with E-state index in [1.807, 2.05) is 71.9 Å². The Morgan fingerprint density at radius 1 is 0.543 bits per heavy atom. The fourth-order valence-corrected chi connectivity index (χ4v) is 4.14. The van der Waals surface area contributed by atoms with E-state index in [1.54, 1.807) is 0 Å². The van der Waals surface area contributed by atoms with Crippen LogP contribution in [-0.4, -0.2) is 28.0 Å². The summed E-state index contributed by atoms with van der Waals surface area (Å²) in [6, 6.07) is 27.3. The van der Waals surface area contributed by atoms with Crippen LogP contribution in [0.3, 0.4) is 0 Å². The lowest BCUT2D eigenvalue weighted by atomic mass is 10.0. The van der Waals surface area contributed by atoms with E-state index in [1.165, 1.54) is 37.9 Å². The van der Waals surface area contributed by atoms with E-state index in [-0.39, 0.29) is 0 Å². The molecule has 2 heterocycles. The lowest BCUT2D eigenvalue weighted by Gasteiger charge is -2.26. The zero-order valence-electron chi connectivity index (χ0n) is 22.6. The first-order chi connectivity index (χ1) is 17.4. The molecule has 0 bridgehead atoms. The van der Waals surface area contributed by atoms with Gasteiger partial charge in [0.2, 0.25) is 0 Å². The van der Waals surface area contributed by atoms with Crippen LogP contribution >= 0.6 is 0 Å². The average Bonchev–Trinajstić information content (AvgIpc) is 2.97. The molecule has 0 radical (unpaired) electrons. The molecule has 0 amide bonds. The van der Waals surface area contributed by atoms with E-state index in [0.717, 1.165) is 40.1 Å². The number of para-hydroxylation sites is 2. The number of nitrogens with zero attached hydrogens (tertiary/aromatic N) is 3. The normalized spacial score (nSPS) is 12.9. The SMILES string of the molecule is CC.CC.CC.c1ccc(-c2nc3ccccc3nc2-c2ccc(CN3CCCCC3)cc2)cc1. The third-order valence-electron chi connectivity index (χ3n) is 5.70. The molecule has 1 fully saturated rings. The molecule has 0 aliphatic carbocycles. The number of fused-ring (bicyclic) bond motifs is 1. The molecule has 1 saturated heterocycles. The predicted molar refractivity (Wildman–Crippen MR) is 154 cm³/mol. The zero-order valence-corrected chi connectivity index (χ0v) is 22.6. The van der Waals surface area contributed by atoms with Crippen LogP contribution in [0.15, 0.2) is 78.9 Å². The smallest absolute Gasteiger partial charge is 0.0973 e. The summed E-state index contributed by atoms with van der Waals surface area (Å²) in [5, 5.41) is 0. The van der Waals surface area contributed by atoms with Crippen LogP contribution < -0.4 is 0 Å². The van der Waals surface area contributed by atoms with Crippen molar-refractivity contribution < 1.29 is 0 Å². The molecule has 3 nitrogen and oxygen atoms in total. The minimum Gasteiger partial charge on any atom is -0.299 e. The van der Waals surface area contributed by atoms with Crippen LogP contribution in [0.5, 0.6) is 0 Å². The number of likely N-dealkylation sites (tertiary alicyclic amines) is 1. The van der Waals surface area contributed by atoms with E-state index in [2.05, 4.69) is 53.4 Å². The van der Waals surface area contributed by atoms with Gasteiger partial charge in [-0.15, -0.1) is 0 Å². The summed E-state index contributed by atoms with van der Waals surface area (Å²) in [4.78, 5) is 12.5. The van der Waals surface area contributed by atoms with Crippen molar-refractivity contribution in [3.05, 3.63) is 84.4 Å². The number of hydrogen-bond acceptors (Lipinski definition) is 3. The van der Waals surface area contributed by atoms with Crippen LogP contribution in [0.2, 0.25) is 0 Å². The first-order valence-corrected chi connectivity index (χ1v) is 13.5. The highest BCUT2D eigenvalue weighted by Gasteiger charge is 2.14. The van der Waals surface area contributed by atoms with Gasteiger partial charge in [-0.3, -0.25) is 4.90 Å². The topological polar surface area (TPSA) is 29.0 Å². The number of benzene rings is 3. The van der Waals surface area contributed by atoms with Crippen molar-refractivity contribution in [2.75, 3.05) is 13.1 Å². The summed E-state index contributed by atoms with van der Waals surface area (Å²) in [5.74, 6) is 0. The Hall–Kier alpha value is -3.04. The van der Waals surface area contributed by atoms with Gasteiger partial charge >= 0.3 is 0 Å². The van der Waals surface area contributed by atoms with Crippen molar-refractivity contribution >= 4 is 11.0 Å². The standard InChI is InChI=1S/C26H25N3.3C2H6/c1-3-9-21(10-4-1)25-26(28-24-12-6-5-11-23(24)27-25)22-15-13-20(14-16-22)19-29-17-7-2-8-18-29;3*1-2/h1,3-6,9-16H,2,7-8,17-19H2;3*1-2H3. The summed E-state index contributed by atoms with van der Waals surface area (Å²) < 4.78 is 0. The average molecular weight is 470 g/mol. The molecular formula is C32H43N3. The second-order valence-electron chi connectivity index (χ2n) is 7.81. The van der Waals surface area contributed by atoms with Crippen LogP contribution in [-0.2, 0) is 6.54 Å². The molecule has 1 aliphatic heterocycles. The molecule has 1 aliphatic rings. The maximum absolute atomic E-state index is 4.99. The maximum Gasteiger partial charge on any atom is 0.0973 e. The predicted octanol–water partition coefficient (Wildman–Crippen LogP) is 9.03. The van der Waals surface area contributed by atoms with Gasteiger partial charge in [0.25, 0.3) is 0 Å². The zero-order chi connectivity index (χ0) is 25.5. The Labute approximate surface area is 213 Å². The molecule has 4 aromatic rings. The molecule has 3 aromatic carbocycles. The minimum atomic E-state index is 0.928. The molecule has 3 heteroatoms. The summed E-state index contributed by atoms with van der Waals surface area (Å²) >= 11 is 0. The van der Waals surface area contributed by atoms with E-state index >= 15 is 0 Å². The van der Waals surface area contributed by atoms with Gasteiger partial charge in [0.15, 0.2) is 0 Å². The van der Waals surface area contributed by atoms with Crippen molar-refractivity contribution in [2.24, 2.45) is 0 Å². The molecule has 0 N–H and O–H groups in total. The Bertz CT molecular complexity index is 1100. The summed E-state index contributed by atoms with van der Waals surface area (Å²) in [6.07, 6.45) is 4.02. The highest BCUT2D eigenvalue weighted by Crippen LogP contribution is 2.31. The van der Waals surface area contributed by atoms with Crippen LogP contribution in [0, 0.1) is 0 Å². The van der Waals surface area contributed by atoms with Crippen molar-refractivity contribution in [1.82, 2.24) is 14.9 Å². The largest absolute Gasteiger partial charge is 0.299 e. The molecule has 1 aromatic heterocycles. The number of rotatable bonds is 4. The number of piperidine rings is 1. The molecular weight excluding hydrogens is 426 g/mol. The van der Waals surface area contributed by atoms with E-state index < -0.39 is 0 Å². The number of hydrogen-bond donors (Lipinski definition) is 0. The molecule has 0 unspecified atom stereocenters. The van der Waals surface area contributed by atoms with E-state index in [4.69, 9.17) is 9.97 Å². The summed E-state index contributed by atoms with van der Waals surface area (Å²) in [6.45, 7) is 15.5. The lowest BCUT2D eigenvalue weighted by Crippen LogP contribution is -2.29. The van der Waals surface area contributed by atoms with E-state index in [0.29, 0.717) is 0 Å². The summed E-state index contributed by atoms with van der Waals surface area (Å²) in [7, 11) is 0. The maximum atomic E-state index is 4.99. The minimum absolute atomic E-state index is 0.928. The summed E-state index contributed by atoms with van der Waals surface area (Å²) in [5.41, 5.74) is 7.32. The fourth-order valence-electron chi connectivity index (χ4n) is 4.14. The third kappa shape index (κ3) is 7.73. The van der Waals surface area contributed by atoms with Gasteiger partial charge in [-0.1, -0.05) is 115 Å². The van der Waals surface area contributed by atoms with Crippen molar-refractivity contribution in [1.29, 1.82) is 0 Å². The van der Waals surface area contributed by atoms with Crippen LogP contribution in [0.25, 0.3) is 33.5 Å². The molecule has 186 valence electrons. The second kappa shape index (κ2) is 15.8. The quantitative estimate of drug-likeness (QED) is 0.298. The monoisotopic (exact) mass is 469 g/mol. The Morgan fingerprint density at radius 2 is 1.00 bits per heavy atom. The van der Waals surface area contributed by atoms with Gasteiger partial charge in [-0.05, 0) is 43.6 Å². The second-order valence-corrected chi connectivity index (χ2v) is 7.81.